The van der Waals surface area contributed by atoms with Gasteiger partial charge in [-0.05, 0) is 37.1 Å². The average molecular weight is 416 g/mol. The number of aromatic nitrogens is 2. The lowest BCUT2D eigenvalue weighted by atomic mass is 10.1. The molecule has 3 aromatic rings. The molecule has 0 fully saturated rings. The van der Waals surface area contributed by atoms with Crippen LogP contribution in [0.1, 0.15) is 39.0 Å². The zero-order chi connectivity index (χ0) is 18.5. The summed E-state index contributed by atoms with van der Waals surface area (Å²) < 4.78 is 8.87. The maximum absolute atomic E-state index is 6.13. The monoisotopic (exact) mass is 415 g/mol. The van der Waals surface area contributed by atoms with E-state index in [-0.39, 0.29) is 6.23 Å². The van der Waals surface area contributed by atoms with Crippen LogP contribution >= 0.6 is 15.9 Å². The quantitative estimate of drug-likeness (QED) is 0.382. The van der Waals surface area contributed by atoms with Gasteiger partial charge in [0.05, 0.1) is 5.52 Å². The molecule has 0 bridgehead atoms. The van der Waals surface area contributed by atoms with E-state index in [1.54, 1.807) is 0 Å². The molecule has 1 aromatic heterocycles. The van der Waals surface area contributed by atoms with Gasteiger partial charge in [0.15, 0.2) is 0 Å². The number of benzene rings is 2. The molecule has 0 amide bonds. The first-order valence-electron chi connectivity index (χ1n) is 9.23. The molecular formula is C21H26BrN3O. The molecule has 0 aliphatic heterocycles. The lowest BCUT2D eigenvalue weighted by Crippen LogP contribution is -2.26. The van der Waals surface area contributed by atoms with Crippen molar-refractivity contribution in [1.82, 2.24) is 9.78 Å². The number of rotatable bonds is 8. The van der Waals surface area contributed by atoms with E-state index in [2.05, 4.69) is 41.1 Å². The predicted molar refractivity (Wildman–Crippen MR) is 111 cm³/mol. The first-order chi connectivity index (χ1) is 12.6. The minimum atomic E-state index is -0.261. The summed E-state index contributed by atoms with van der Waals surface area (Å²) in [7, 11) is 1.96. The molecule has 0 aliphatic rings. The van der Waals surface area contributed by atoms with E-state index >= 15 is 0 Å². The Hall–Kier alpha value is -1.85. The van der Waals surface area contributed by atoms with Crippen LogP contribution in [0.3, 0.4) is 0 Å². The van der Waals surface area contributed by atoms with Crippen molar-refractivity contribution in [2.75, 3.05) is 0 Å². The van der Waals surface area contributed by atoms with Crippen molar-refractivity contribution in [3.8, 4) is 17.0 Å². The highest BCUT2D eigenvalue weighted by molar-refractivity contribution is 9.10. The minimum Gasteiger partial charge on any atom is -0.476 e. The van der Waals surface area contributed by atoms with Gasteiger partial charge in [-0.3, -0.25) is 10.4 Å². The second-order valence-electron chi connectivity index (χ2n) is 6.66. The normalized spacial score (nSPS) is 12.5. The van der Waals surface area contributed by atoms with E-state index in [0.29, 0.717) is 0 Å². The first kappa shape index (κ1) is 18.9. The molecule has 0 aliphatic carbocycles. The lowest BCUT2D eigenvalue weighted by molar-refractivity contribution is 0.194. The fourth-order valence-electron chi connectivity index (χ4n) is 3.14. The smallest absolute Gasteiger partial charge is 0.147 e. The van der Waals surface area contributed by atoms with Gasteiger partial charge in [0.2, 0.25) is 0 Å². The Balaban J connectivity index is 1.77. The summed E-state index contributed by atoms with van der Waals surface area (Å²) in [5, 5.41) is 5.80. The van der Waals surface area contributed by atoms with Crippen LogP contribution < -0.4 is 10.5 Å². The number of hydrogen-bond donors (Lipinski definition) is 1. The standard InChI is InChI=1S/C21H26BrN3O/c1-3-4-5-6-7-20(23)26-17-12-13-18-19(14-17)25(2)24-21(18)15-8-10-16(22)11-9-15/h8-14,20H,3-7,23H2,1-2H3. The number of hydrogen-bond acceptors (Lipinski definition) is 3. The number of halogens is 1. The fraction of sp³-hybridized carbons (Fsp3) is 0.381. The van der Waals surface area contributed by atoms with Crippen molar-refractivity contribution in [2.24, 2.45) is 12.8 Å². The van der Waals surface area contributed by atoms with Crippen LogP contribution in [0.4, 0.5) is 0 Å². The maximum atomic E-state index is 6.13. The number of nitrogens with two attached hydrogens (primary N) is 1. The molecular weight excluding hydrogens is 390 g/mol. The molecule has 4 nitrogen and oxygen atoms in total. The van der Waals surface area contributed by atoms with Crippen LogP contribution in [0.15, 0.2) is 46.9 Å². The second kappa shape index (κ2) is 8.69. The Bertz CT molecular complexity index is 858. The maximum Gasteiger partial charge on any atom is 0.147 e. The molecule has 1 unspecified atom stereocenters. The van der Waals surface area contributed by atoms with Crippen molar-refractivity contribution in [1.29, 1.82) is 0 Å². The molecule has 1 atom stereocenters. The number of aryl methyl sites for hydroxylation is 1. The van der Waals surface area contributed by atoms with E-state index in [9.17, 15) is 0 Å². The highest BCUT2D eigenvalue weighted by atomic mass is 79.9. The summed E-state index contributed by atoms with van der Waals surface area (Å²) in [4.78, 5) is 0. The van der Waals surface area contributed by atoms with Gasteiger partial charge in [-0.1, -0.05) is 54.2 Å². The summed E-state index contributed by atoms with van der Waals surface area (Å²) in [6, 6.07) is 14.3. The number of unbranched alkanes of at least 4 members (excludes halogenated alkanes) is 3. The van der Waals surface area contributed by atoms with Gasteiger partial charge in [0.25, 0.3) is 0 Å². The van der Waals surface area contributed by atoms with Gasteiger partial charge in [-0.2, -0.15) is 5.10 Å². The molecule has 5 heteroatoms. The highest BCUT2D eigenvalue weighted by Crippen LogP contribution is 2.31. The van der Waals surface area contributed by atoms with E-state index < -0.39 is 0 Å². The molecule has 0 radical (unpaired) electrons. The van der Waals surface area contributed by atoms with Gasteiger partial charge in [0.1, 0.15) is 17.7 Å². The van der Waals surface area contributed by atoms with E-state index in [1.807, 2.05) is 36.0 Å². The van der Waals surface area contributed by atoms with Gasteiger partial charge in [0, 0.05) is 28.5 Å². The van der Waals surface area contributed by atoms with Gasteiger partial charge >= 0.3 is 0 Å². The number of fused-ring (bicyclic) bond motifs is 1. The van der Waals surface area contributed by atoms with Gasteiger partial charge in [-0.25, -0.2) is 0 Å². The van der Waals surface area contributed by atoms with E-state index in [1.165, 1.54) is 19.3 Å². The van der Waals surface area contributed by atoms with Gasteiger partial charge < -0.3 is 4.74 Å². The minimum absolute atomic E-state index is 0.261. The molecule has 138 valence electrons. The Morgan fingerprint density at radius 1 is 1.12 bits per heavy atom. The van der Waals surface area contributed by atoms with E-state index in [4.69, 9.17) is 15.6 Å². The van der Waals surface area contributed by atoms with Crippen LogP contribution in [-0.4, -0.2) is 16.0 Å². The fourth-order valence-corrected chi connectivity index (χ4v) is 3.40. The summed E-state index contributed by atoms with van der Waals surface area (Å²) in [5.74, 6) is 0.797. The summed E-state index contributed by atoms with van der Waals surface area (Å²) in [6.07, 6.45) is 5.43. The predicted octanol–water partition coefficient (Wildman–Crippen LogP) is 5.64. The SMILES string of the molecule is CCCCCCC(N)Oc1ccc2c(-c3ccc(Br)cc3)nn(C)c2c1. The van der Waals surface area contributed by atoms with Crippen molar-refractivity contribution in [2.45, 2.75) is 45.3 Å². The van der Waals surface area contributed by atoms with Crippen LogP contribution in [0.2, 0.25) is 0 Å². The van der Waals surface area contributed by atoms with Crippen molar-refractivity contribution in [3.05, 3.63) is 46.9 Å². The molecule has 0 saturated carbocycles. The molecule has 0 spiro atoms. The molecule has 26 heavy (non-hydrogen) atoms. The molecule has 2 aromatic carbocycles. The summed E-state index contributed by atoms with van der Waals surface area (Å²) >= 11 is 3.48. The topological polar surface area (TPSA) is 53.1 Å². The number of nitrogens with zero attached hydrogens (tertiary/aromatic N) is 2. The summed E-state index contributed by atoms with van der Waals surface area (Å²) in [6.45, 7) is 2.21. The Morgan fingerprint density at radius 3 is 2.62 bits per heavy atom. The zero-order valence-electron chi connectivity index (χ0n) is 15.4. The largest absolute Gasteiger partial charge is 0.476 e. The van der Waals surface area contributed by atoms with Crippen LogP contribution in [-0.2, 0) is 7.05 Å². The van der Waals surface area contributed by atoms with Crippen LogP contribution in [0.25, 0.3) is 22.2 Å². The zero-order valence-corrected chi connectivity index (χ0v) is 17.0. The third-order valence-electron chi connectivity index (χ3n) is 4.57. The van der Waals surface area contributed by atoms with Crippen LogP contribution in [0, 0.1) is 0 Å². The van der Waals surface area contributed by atoms with Crippen molar-refractivity contribution >= 4 is 26.8 Å². The highest BCUT2D eigenvalue weighted by Gasteiger charge is 2.13. The summed E-state index contributed by atoms with van der Waals surface area (Å²) in [5.41, 5.74) is 9.25. The second-order valence-corrected chi connectivity index (χ2v) is 7.58. The molecule has 3 rings (SSSR count). The Labute approximate surface area is 163 Å². The Kier molecular flexibility index (Phi) is 6.33. The molecule has 1 heterocycles. The lowest BCUT2D eigenvalue weighted by Gasteiger charge is -2.14. The van der Waals surface area contributed by atoms with Crippen LogP contribution in [0.5, 0.6) is 5.75 Å². The van der Waals surface area contributed by atoms with Crippen molar-refractivity contribution in [3.63, 3.8) is 0 Å². The van der Waals surface area contributed by atoms with E-state index in [0.717, 1.165) is 45.2 Å². The average Bonchev–Trinajstić information content (AvgIpc) is 2.96. The third-order valence-corrected chi connectivity index (χ3v) is 5.10. The first-order valence-corrected chi connectivity index (χ1v) is 10.0. The molecule has 2 N–H and O–H groups in total. The van der Waals surface area contributed by atoms with Crippen molar-refractivity contribution < 1.29 is 4.74 Å². The molecule has 0 saturated heterocycles. The van der Waals surface area contributed by atoms with Gasteiger partial charge in [-0.15, -0.1) is 0 Å². The Morgan fingerprint density at radius 2 is 1.88 bits per heavy atom. The number of ether oxygens (including phenoxy) is 1. The third kappa shape index (κ3) is 4.46.